The summed E-state index contributed by atoms with van der Waals surface area (Å²) in [6.45, 7) is 1.35. The molecule has 2 aromatic heterocycles. The van der Waals surface area contributed by atoms with Crippen molar-refractivity contribution in [2.75, 3.05) is 13.1 Å². The van der Waals surface area contributed by atoms with E-state index in [1.807, 2.05) is 46.2 Å². The zero-order valence-electron chi connectivity index (χ0n) is 28.0. The summed E-state index contributed by atoms with van der Waals surface area (Å²) in [4.78, 5) is 41.3. The number of hydrogen-bond acceptors (Lipinski definition) is 8. The Morgan fingerprint density at radius 1 is 0.580 bits per heavy atom. The molecule has 10 heteroatoms. The van der Waals surface area contributed by atoms with Crippen LogP contribution in [-0.4, -0.2) is 55.0 Å². The van der Waals surface area contributed by atoms with Crippen LogP contribution in [0.2, 0.25) is 0 Å². The highest BCUT2D eigenvalue weighted by molar-refractivity contribution is 5.98. The zero-order valence-corrected chi connectivity index (χ0v) is 28.0. The second kappa shape index (κ2) is 12.3. The van der Waals surface area contributed by atoms with E-state index in [4.69, 9.17) is 19.0 Å². The predicted octanol–water partition coefficient (Wildman–Crippen LogP) is 6.76. The van der Waals surface area contributed by atoms with Gasteiger partial charge in [0.1, 0.15) is 12.1 Å². The number of likely N-dealkylation sites (tertiary alicyclic amines) is 2. The normalized spacial score (nSPS) is 21.3. The molecular formula is C40H40N6O4. The van der Waals surface area contributed by atoms with E-state index in [-0.39, 0.29) is 34.7 Å². The molecule has 4 aliphatic rings. The second-order valence-electron chi connectivity index (χ2n) is 15.0. The number of benzene rings is 3. The molecular weight excluding hydrogens is 628 g/mol. The molecule has 4 heterocycles. The van der Waals surface area contributed by atoms with Gasteiger partial charge in [-0.1, -0.05) is 71.0 Å². The van der Waals surface area contributed by atoms with Gasteiger partial charge in [0.05, 0.1) is 0 Å². The Hall–Kier alpha value is -5.12. The van der Waals surface area contributed by atoms with Gasteiger partial charge >= 0.3 is 0 Å². The lowest BCUT2D eigenvalue weighted by Gasteiger charge is -2.23. The number of amides is 2. The monoisotopic (exact) mass is 668 g/mol. The molecule has 5 aromatic rings. The summed E-state index contributed by atoms with van der Waals surface area (Å²) >= 11 is 0. The molecule has 2 amide bonds. The summed E-state index contributed by atoms with van der Waals surface area (Å²) in [5.74, 6) is 2.19. The van der Waals surface area contributed by atoms with Crippen molar-refractivity contribution in [2.24, 2.45) is 10.8 Å². The molecule has 2 aliphatic heterocycles. The van der Waals surface area contributed by atoms with Crippen LogP contribution in [-0.2, 0) is 25.7 Å². The molecule has 0 N–H and O–H groups in total. The van der Waals surface area contributed by atoms with Gasteiger partial charge in [0.15, 0.2) is 11.6 Å². The van der Waals surface area contributed by atoms with Gasteiger partial charge in [0.25, 0.3) is 11.8 Å². The number of rotatable bonds is 10. The van der Waals surface area contributed by atoms with Crippen molar-refractivity contribution in [1.29, 1.82) is 0 Å². The maximum absolute atomic E-state index is 14.0. The minimum atomic E-state index is -0.253. The van der Waals surface area contributed by atoms with Gasteiger partial charge in [-0.2, -0.15) is 9.97 Å². The number of aromatic nitrogens is 4. The predicted molar refractivity (Wildman–Crippen MR) is 183 cm³/mol. The third-order valence-electron chi connectivity index (χ3n) is 11.3. The van der Waals surface area contributed by atoms with Crippen LogP contribution < -0.4 is 0 Å². The third kappa shape index (κ3) is 6.12. The highest BCUT2D eigenvalue weighted by Gasteiger charge is 2.56. The number of hydrogen-bond donors (Lipinski definition) is 0. The highest BCUT2D eigenvalue weighted by atomic mass is 16.5. The minimum Gasteiger partial charge on any atom is -0.337 e. The summed E-state index contributed by atoms with van der Waals surface area (Å²) < 4.78 is 11.5. The first kappa shape index (κ1) is 30.9. The number of aryl methyl sites for hydroxylation is 4. The molecule has 2 saturated carbocycles. The summed E-state index contributed by atoms with van der Waals surface area (Å²) in [6, 6.07) is 27.1. The fourth-order valence-corrected chi connectivity index (χ4v) is 7.96. The van der Waals surface area contributed by atoms with Crippen LogP contribution in [0.4, 0.5) is 0 Å². The van der Waals surface area contributed by atoms with Gasteiger partial charge in [-0.25, -0.2) is 0 Å². The molecule has 0 unspecified atom stereocenters. The van der Waals surface area contributed by atoms with Crippen molar-refractivity contribution in [1.82, 2.24) is 30.1 Å². The second-order valence-corrected chi connectivity index (χ2v) is 15.0. The first-order valence-electron chi connectivity index (χ1n) is 17.9. The van der Waals surface area contributed by atoms with Gasteiger partial charge in [-0.15, -0.1) is 0 Å². The van der Waals surface area contributed by atoms with Crippen LogP contribution in [0, 0.1) is 10.8 Å². The Kier molecular flexibility index (Phi) is 7.62. The van der Waals surface area contributed by atoms with Crippen LogP contribution in [0.25, 0.3) is 0 Å². The van der Waals surface area contributed by atoms with E-state index in [0.717, 1.165) is 51.4 Å². The largest absolute Gasteiger partial charge is 0.337 e. The third-order valence-corrected chi connectivity index (χ3v) is 11.3. The van der Waals surface area contributed by atoms with Gasteiger partial charge in [0, 0.05) is 37.1 Å². The molecule has 2 saturated heterocycles. The van der Waals surface area contributed by atoms with Gasteiger partial charge in [0.2, 0.25) is 11.8 Å². The average Bonchev–Trinajstić information content (AvgIpc) is 3.75. The van der Waals surface area contributed by atoms with Crippen LogP contribution in [0.3, 0.4) is 0 Å². The number of nitrogens with zero attached hydrogens (tertiary/aromatic N) is 6. The van der Waals surface area contributed by atoms with E-state index in [1.54, 1.807) is 24.3 Å². The summed E-state index contributed by atoms with van der Waals surface area (Å²) in [5.41, 5.74) is 3.81. The lowest BCUT2D eigenvalue weighted by Crippen LogP contribution is -2.32. The van der Waals surface area contributed by atoms with E-state index in [0.29, 0.717) is 60.5 Å². The fraction of sp³-hybridized carbons (Fsp3) is 0.400. The summed E-state index contributed by atoms with van der Waals surface area (Å²) in [7, 11) is 0. The Labute approximate surface area is 290 Å². The topological polar surface area (TPSA) is 118 Å². The summed E-state index contributed by atoms with van der Waals surface area (Å²) in [5, 5.41) is 8.53. The standard InChI is InChI=1S/C40H40N6O4/c47-37(45-25-39(19-20-39)23-31(45)35-41-33(43-49-35)17-11-27-7-3-1-4-8-27)29-13-15-30(16-14-29)38(48)46-26-40(21-22-40)24-32(46)36-42-34(44-50-36)18-12-28-9-5-2-6-10-28/h1-10,13-16,31-32H,11-12,17-26H2/t31-,32-/m0/s1. The first-order valence-corrected chi connectivity index (χ1v) is 17.9. The molecule has 2 spiro atoms. The van der Waals surface area contributed by atoms with E-state index in [9.17, 15) is 9.59 Å². The lowest BCUT2D eigenvalue weighted by atomic mass is 10.0. The first-order chi connectivity index (χ1) is 24.4. The smallest absolute Gasteiger partial charge is 0.254 e. The highest BCUT2D eigenvalue weighted by Crippen LogP contribution is 2.59. The Morgan fingerprint density at radius 3 is 1.36 bits per heavy atom. The van der Waals surface area contributed by atoms with Crippen molar-refractivity contribution in [3.05, 3.63) is 131 Å². The van der Waals surface area contributed by atoms with Crippen molar-refractivity contribution in [3.63, 3.8) is 0 Å². The van der Waals surface area contributed by atoms with Gasteiger partial charge < -0.3 is 18.8 Å². The zero-order chi connectivity index (χ0) is 33.7. The quantitative estimate of drug-likeness (QED) is 0.160. The Balaban J connectivity index is 0.881. The van der Waals surface area contributed by atoms with Gasteiger partial charge in [-0.3, -0.25) is 9.59 Å². The molecule has 0 bridgehead atoms. The van der Waals surface area contributed by atoms with Crippen LogP contribution in [0.1, 0.15) is 106 Å². The van der Waals surface area contributed by atoms with E-state index in [2.05, 4.69) is 34.6 Å². The minimum absolute atomic E-state index is 0.0771. The molecule has 2 atom stereocenters. The van der Waals surface area contributed by atoms with Gasteiger partial charge in [-0.05, 0) is 97.6 Å². The van der Waals surface area contributed by atoms with Crippen molar-refractivity contribution >= 4 is 11.8 Å². The molecule has 2 aliphatic carbocycles. The molecule has 9 rings (SSSR count). The SMILES string of the molecule is O=C(c1ccc(C(=O)N2CC3(CC3)C[C@H]2c2nc(CCc3ccccc3)no2)cc1)N1CC2(CC2)C[C@H]1c1nc(CCc2ccccc2)no1. The Morgan fingerprint density at radius 2 is 0.980 bits per heavy atom. The fourth-order valence-electron chi connectivity index (χ4n) is 7.96. The van der Waals surface area contributed by atoms with E-state index < -0.39 is 0 Å². The van der Waals surface area contributed by atoms with Crippen molar-refractivity contribution < 1.29 is 18.6 Å². The number of carbonyl (C=O) groups excluding carboxylic acids is 2. The lowest BCUT2D eigenvalue weighted by molar-refractivity contribution is 0.0694. The molecule has 254 valence electrons. The van der Waals surface area contributed by atoms with Crippen LogP contribution in [0.15, 0.2) is 94.0 Å². The molecule has 4 fully saturated rings. The maximum atomic E-state index is 14.0. The van der Waals surface area contributed by atoms with Crippen molar-refractivity contribution in [2.45, 2.75) is 76.3 Å². The van der Waals surface area contributed by atoms with Crippen LogP contribution >= 0.6 is 0 Å². The van der Waals surface area contributed by atoms with E-state index in [1.165, 1.54) is 11.1 Å². The van der Waals surface area contributed by atoms with Crippen LogP contribution in [0.5, 0.6) is 0 Å². The van der Waals surface area contributed by atoms with Crippen molar-refractivity contribution in [3.8, 4) is 0 Å². The molecule has 0 radical (unpaired) electrons. The molecule has 50 heavy (non-hydrogen) atoms. The average molecular weight is 669 g/mol. The Bertz CT molecular complexity index is 1850. The number of carbonyl (C=O) groups is 2. The molecule has 10 nitrogen and oxygen atoms in total. The summed E-state index contributed by atoms with van der Waals surface area (Å²) in [6.07, 6.45) is 9.06. The van der Waals surface area contributed by atoms with E-state index >= 15 is 0 Å². The maximum Gasteiger partial charge on any atom is 0.254 e. The molecule has 3 aromatic carbocycles.